The Balaban J connectivity index is 1.81. The van der Waals surface area contributed by atoms with Crippen molar-refractivity contribution in [2.75, 3.05) is 5.73 Å². The van der Waals surface area contributed by atoms with Crippen molar-refractivity contribution in [3.8, 4) is 5.75 Å². The zero-order valence-corrected chi connectivity index (χ0v) is 12.8. The van der Waals surface area contributed by atoms with Crippen LogP contribution >= 0.6 is 34.8 Å². The predicted octanol–water partition coefficient (Wildman–Crippen LogP) is 4.95. The molecule has 2 N–H and O–H groups in total. The van der Waals surface area contributed by atoms with Crippen LogP contribution in [-0.2, 0) is 6.61 Å². The van der Waals surface area contributed by atoms with Crippen molar-refractivity contribution in [2.24, 2.45) is 0 Å². The number of nitrogens with two attached hydrogens (primary N) is 1. The fourth-order valence-electron chi connectivity index (χ4n) is 1.81. The molecule has 0 unspecified atom stereocenters. The number of anilines is 1. The van der Waals surface area contributed by atoms with Crippen LogP contribution in [0.4, 0.5) is 5.69 Å². The van der Waals surface area contributed by atoms with Gasteiger partial charge in [-0.25, -0.2) is 4.98 Å². The third-order valence-electron chi connectivity index (χ3n) is 2.78. The molecule has 0 fully saturated rings. The average Bonchev–Trinajstić information content (AvgIpc) is 2.83. The first-order valence-corrected chi connectivity index (χ1v) is 7.08. The van der Waals surface area contributed by atoms with Gasteiger partial charge < -0.3 is 14.9 Å². The van der Waals surface area contributed by atoms with Gasteiger partial charge in [0.15, 0.2) is 12.2 Å². The summed E-state index contributed by atoms with van der Waals surface area (Å²) in [5, 5.41) is 1.09. The summed E-state index contributed by atoms with van der Waals surface area (Å²) >= 11 is 17.8. The van der Waals surface area contributed by atoms with E-state index in [4.69, 9.17) is 49.7 Å². The van der Waals surface area contributed by atoms with E-state index in [9.17, 15) is 0 Å². The van der Waals surface area contributed by atoms with Crippen LogP contribution in [0, 0.1) is 0 Å². The number of aromatic nitrogens is 1. The van der Waals surface area contributed by atoms with E-state index >= 15 is 0 Å². The van der Waals surface area contributed by atoms with Gasteiger partial charge in [0.25, 0.3) is 0 Å². The minimum atomic E-state index is 0.117. The molecule has 7 heteroatoms. The molecule has 0 saturated heterocycles. The van der Waals surface area contributed by atoms with Crippen molar-refractivity contribution in [2.45, 2.75) is 6.61 Å². The number of hydrogen-bond acceptors (Lipinski definition) is 4. The second-order valence-corrected chi connectivity index (χ2v) is 5.54. The number of fused-ring (bicyclic) bond motifs is 1. The SMILES string of the molecule is Nc1ccc2nc(COc3cc(Cl)c(Cl)cc3Cl)oc2c1. The zero-order chi connectivity index (χ0) is 15.0. The first-order valence-electron chi connectivity index (χ1n) is 5.95. The molecular formula is C14H9Cl3N2O2. The molecule has 2 aromatic carbocycles. The molecule has 4 nitrogen and oxygen atoms in total. The molecule has 0 radical (unpaired) electrons. The van der Waals surface area contributed by atoms with Gasteiger partial charge in [-0.1, -0.05) is 34.8 Å². The van der Waals surface area contributed by atoms with Gasteiger partial charge in [0.1, 0.15) is 11.3 Å². The molecule has 0 aliphatic carbocycles. The normalized spacial score (nSPS) is 11.0. The van der Waals surface area contributed by atoms with Crippen LogP contribution in [0.5, 0.6) is 5.75 Å². The number of nitrogen functional groups attached to an aromatic ring is 1. The molecule has 0 atom stereocenters. The van der Waals surface area contributed by atoms with Gasteiger partial charge >= 0.3 is 0 Å². The molecule has 0 aliphatic heterocycles. The average molecular weight is 344 g/mol. The van der Waals surface area contributed by atoms with E-state index in [1.165, 1.54) is 6.07 Å². The number of nitrogens with zero attached hydrogens (tertiary/aromatic N) is 1. The maximum atomic E-state index is 6.03. The predicted molar refractivity (Wildman–Crippen MR) is 84.2 cm³/mol. The topological polar surface area (TPSA) is 61.3 Å². The molecular weight excluding hydrogens is 335 g/mol. The molecule has 0 bridgehead atoms. The van der Waals surface area contributed by atoms with Crippen LogP contribution in [0.2, 0.25) is 15.1 Å². The third-order valence-corrected chi connectivity index (χ3v) is 3.80. The van der Waals surface area contributed by atoms with Gasteiger partial charge in [-0.05, 0) is 18.2 Å². The number of oxazole rings is 1. The molecule has 3 rings (SSSR count). The number of halogens is 3. The summed E-state index contributed by atoms with van der Waals surface area (Å²) in [4.78, 5) is 4.29. The minimum Gasteiger partial charge on any atom is -0.482 e. The summed E-state index contributed by atoms with van der Waals surface area (Å²) < 4.78 is 11.1. The van der Waals surface area contributed by atoms with Crippen molar-refractivity contribution >= 4 is 51.6 Å². The van der Waals surface area contributed by atoms with E-state index < -0.39 is 0 Å². The summed E-state index contributed by atoms with van der Waals surface area (Å²) in [5.74, 6) is 0.825. The molecule has 0 spiro atoms. The zero-order valence-electron chi connectivity index (χ0n) is 10.6. The highest BCUT2D eigenvalue weighted by Gasteiger charge is 2.10. The summed E-state index contributed by atoms with van der Waals surface area (Å²) in [6, 6.07) is 8.31. The molecule has 0 amide bonds. The fraction of sp³-hybridized carbons (Fsp3) is 0.0714. The first-order chi connectivity index (χ1) is 10.0. The minimum absolute atomic E-state index is 0.117. The number of benzene rings is 2. The number of hydrogen-bond donors (Lipinski definition) is 1. The van der Waals surface area contributed by atoms with Crippen LogP contribution in [0.25, 0.3) is 11.1 Å². The molecule has 0 saturated carbocycles. The van der Waals surface area contributed by atoms with E-state index in [0.717, 1.165) is 0 Å². The molecule has 3 aromatic rings. The Morgan fingerprint density at radius 1 is 1.05 bits per heavy atom. The second kappa shape index (κ2) is 5.64. The third kappa shape index (κ3) is 3.02. The molecule has 21 heavy (non-hydrogen) atoms. The highest BCUT2D eigenvalue weighted by Crippen LogP contribution is 2.34. The van der Waals surface area contributed by atoms with Gasteiger partial charge in [-0.3, -0.25) is 0 Å². The largest absolute Gasteiger partial charge is 0.482 e. The summed E-state index contributed by atoms with van der Waals surface area (Å²) in [6.07, 6.45) is 0. The monoisotopic (exact) mass is 342 g/mol. The van der Waals surface area contributed by atoms with Gasteiger partial charge in [0.2, 0.25) is 5.89 Å². The molecule has 108 valence electrons. The maximum Gasteiger partial charge on any atom is 0.233 e. The number of ether oxygens (including phenoxy) is 1. The Bertz CT molecular complexity index is 817. The van der Waals surface area contributed by atoms with Crippen LogP contribution in [0.1, 0.15) is 5.89 Å². The van der Waals surface area contributed by atoms with Crippen molar-refractivity contribution in [3.63, 3.8) is 0 Å². The lowest BCUT2D eigenvalue weighted by Gasteiger charge is -2.07. The van der Waals surface area contributed by atoms with Gasteiger partial charge in [-0.15, -0.1) is 0 Å². The maximum absolute atomic E-state index is 6.03. The van der Waals surface area contributed by atoms with E-state index in [1.54, 1.807) is 24.3 Å². The molecule has 1 heterocycles. The Morgan fingerprint density at radius 3 is 2.62 bits per heavy atom. The molecule has 1 aromatic heterocycles. The van der Waals surface area contributed by atoms with Crippen molar-refractivity contribution < 1.29 is 9.15 Å². The van der Waals surface area contributed by atoms with Crippen LogP contribution in [0.3, 0.4) is 0 Å². The van der Waals surface area contributed by atoms with Gasteiger partial charge in [0.05, 0.1) is 15.1 Å². The smallest absolute Gasteiger partial charge is 0.233 e. The highest BCUT2D eigenvalue weighted by atomic mass is 35.5. The highest BCUT2D eigenvalue weighted by molar-refractivity contribution is 6.43. The fourth-order valence-corrected chi connectivity index (χ4v) is 2.40. The van der Waals surface area contributed by atoms with Crippen LogP contribution in [-0.4, -0.2) is 4.98 Å². The van der Waals surface area contributed by atoms with Gasteiger partial charge in [0, 0.05) is 17.8 Å². The molecule has 0 aliphatic rings. The second-order valence-electron chi connectivity index (χ2n) is 4.32. The Morgan fingerprint density at radius 2 is 1.81 bits per heavy atom. The van der Waals surface area contributed by atoms with E-state index in [-0.39, 0.29) is 6.61 Å². The van der Waals surface area contributed by atoms with Gasteiger partial charge in [-0.2, -0.15) is 0 Å². The van der Waals surface area contributed by atoms with Crippen molar-refractivity contribution in [1.82, 2.24) is 4.98 Å². The lowest BCUT2D eigenvalue weighted by Crippen LogP contribution is -1.96. The summed E-state index contributed by atoms with van der Waals surface area (Å²) in [5.41, 5.74) is 7.61. The lowest BCUT2D eigenvalue weighted by molar-refractivity contribution is 0.267. The lowest BCUT2D eigenvalue weighted by atomic mass is 10.3. The quantitative estimate of drug-likeness (QED) is 0.540. The number of rotatable bonds is 3. The summed E-state index contributed by atoms with van der Waals surface area (Å²) in [6.45, 7) is 0.117. The van der Waals surface area contributed by atoms with E-state index in [2.05, 4.69) is 4.98 Å². The van der Waals surface area contributed by atoms with E-state index in [1.807, 2.05) is 0 Å². The van der Waals surface area contributed by atoms with Crippen molar-refractivity contribution in [1.29, 1.82) is 0 Å². The van der Waals surface area contributed by atoms with E-state index in [0.29, 0.717) is 43.5 Å². The van der Waals surface area contributed by atoms with Crippen molar-refractivity contribution in [3.05, 3.63) is 51.3 Å². The summed E-state index contributed by atoms with van der Waals surface area (Å²) in [7, 11) is 0. The standard InChI is InChI=1S/C14H9Cl3N2O2/c15-8-4-10(17)12(5-9(8)16)20-6-14-19-11-2-1-7(18)3-13(11)21-14/h1-5H,6,18H2. The van der Waals surface area contributed by atoms with Crippen LogP contribution < -0.4 is 10.5 Å². The Labute approximate surface area is 135 Å². The Hall–Kier alpha value is -1.62. The Kier molecular flexibility index (Phi) is 3.85. The van der Waals surface area contributed by atoms with Crippen LogP contribution in [0.15, 0.2) is 34.7 Å². The first kappa shape index (κ1) is 14.3.